The van der Waals surface area contributed by atoms with Crippen molar-refractivity contribution in [3.8, 4) is 0 Å². The summed E-state index contributed by atoms with van der Waals surface area (Å²) in [4.78, 5) is 17.0. The molecule has 1 saturated heterocycles. The summed E-state index contributed by atoms with van der Waals surface area (Å²) in [6, 6.07) is 7.40. The lowest BCUT2D eigenvalue weighted by Gasteiger charge is -2.41. The number of amides is 1. The number of rotatable bonds is 8. The third-order valence-electron chi connectivity index (χ3n) is 5.85. The molecule has 0 unspecified atom stereocenters. The van der Waals surface area contributed by atoms with E-state index in [1.54, 1.807) is 6.07 Å². The van der Waals surface area contributed by atoms with Gasteiger partial charge in [-0.3, -0.25) is 9.78 Å². The van der Waals surface area contributed by atoms with Crippen LogP contribution in [-0.2, 0) is 15.4 Å². The number of pyridine rings is 1. The van der Waals surface area contributed by atoms with Crippen molar-refractivity contribution in [2.24, 2.45) is 0 Å². The van der Waals surface area contributed by atoms with Gasteiger partial charge in [-0.2, -0.15) is 0 Å². The van der Waals surface area contributed by atoms with Gasteiger partial charge in [-0.05, 0) is 49.6 Å². The van der Waals surface area contributed by atoms with Gasteiger partial charge in [0.05, 0.1) is 22.0 Å². The van der Waals surface area contributed by atoms with Crippen LogP contribution in [0.2, 0.25) is 10.0 Å². The first-order chi connectivity index (χ1) is 15.2. The lowest BCUT2D eigenvalue weighted by Crippen LogP contribution is -2.51. The topological polar surface area (TPSA) is 79.4 Å². The molecule has 174 valence electrons. The second-order valence-electron chi connectivity index (χ2n) is 7.99. The zero-order chi connectivity index (χ0) is 23.4. The highest BCUT2D eigenvalue weighted by molar-refractivity contribution is 7.89. The minimum Gasteiger partial charge on any atom is -0.351 e. The fourth-order valence-corrected chi connectivity index (χ4v) is 6.08. The van der Waals surface area contributed by atoms with Gasteiger partial charge in [0.1, 0.15) is 5.82 Å². The monoisotopic (exact) mass is 501 g/mol. The Kier molecular flexibility index (Phi) is 8.14. The molecule has 0 radical (unpaired) electrons. The first kappa shape index (κ1) is 24.9. The lowest BCUT2D eigenvalue weighted by atomic mass is 9.75. The number of hydrogen-bond acceptors (Lipinski definition) is 4. The second kappa shape index (κ2) is 10.5. The Morgan fingerprint density at radius 3 is 2.59 bits per heavy atom. The predicted octanol–water partition coefficient (Wildman–Crippen LogP) is 4.42. The molecule has 1 aliphatic heterocycles. The number of aromatic nitrogens is 1. The third-order valence-corrected chi connectivity index (χ3v) is 8.36. The van der Waals surface area contributed by atoms with E-state index in [4.69, 9.17) is 23.2 Å². The molecule has 1 aromatic carbocycles. The molecule has 2 heterocycles. The minimum atomic E-state index is -3.37. The standard InChI is InChI=1S/C22H26Cl2FN3O3S/c1-2-3-13-32(30,31)28-11-8-22(9-12-28,20-19(25)5-4-10-26-20)15-27-21(29)17-7-6-16(23)14-18(17)24/h4-7,10,14H,2-3,8-9,11-13,15H2,1H3,(H,27,29). The van der Waals surface area contributed by atoms with Gasteiger partial charge in [0, 0.05) is 36.3 Å². The summed E-state index contributed by atoms with van der Waals surface area (Å²) in [5, 5.41) is 3.47. The van der Waals surface area contributed by atoms with Crippen LogP contribution in [0, 0.1) is 5.82 Å². The second-order valence-corrected chi connectivity index (χ2v) is 10.9. The highest BCUT2D eigenvalue weighted by Crippen LogP contribution is 2.36. The Hall–Kier alpha value is -1.74. The van der Waals surface area contributed by atoms with Gasteiger partial charge in [-0.1, -0.05) is 36.5 Å². The normalized spacial score (nSPS) is 16.6. The van der Waals surface area contributed by atoms with E-state index in [9.17, 15) is 17.6 Å². The van der Waals surface area contributed by atoms with Crippen molar-refractivity contribution >= 4 is 39.1 Å². The van der Waals surface area contributed by atoms with Gasteiger partial charge in [0.2, 0.25) is 10.0 Å². The molecular formula is C22H26Cl2FN3O3S. The van der Waals surface area contributed by atoms with Gasteiger partial charge >= 0.3 is 0 Å². The molecule has 32 heavy (non-hydrogen) atoms. The van der Waals surface area contributed by atoms with E-state index in [0.717, 1.165) is 6.42 Å². The molecule has 0 bridgehead atoms. The van der Waals surface area contributed by atoms with Crippen LogP contribution in [0.15, 0.2) is 36.5 Å². The number of unbranched alkanes of at least 4 members (excludes halogenated alkanes) is 1. The summed E-state index contributed by atoms with van der Waals surface area (Å²) >= 11 is 12.0. The number of nitrogens with one attached hydrogen (secondary N) is 1. The zero-order valence-electron chi connectivity index (χ0n) is 17.8. The fourth-order valence-electron chi connectivity index (χ4n) is 3.94. The van der Waals surface area contributed by atoms with Crippen molar-refractivity contribution < 1.29 is 17.6 Å². The van der Waals surface area contributed by atoms with Gasteiger partial charge in [0.25, 0.3) is 5.91 Å². The maximum Gasteiger partial charge on any atom is 0.252 e. The van der Waals surface area contributed by atoms with E-state index < -0.39 is 27.2 Å². The molecule has 3 rings (SSSR count). The number of carbonyl (C=O) groups is 1. The van der Waals surface area contributed by atoms with Crippen LogP contribution in [0.25, 0.3) is 0 Å². The third kappa shape index (κ3) is 5.60. The summed E-state index contributed by atoms with van der Waals surface area (Å²) in [7, 11) is -3.37. The molecule has 2 aromatic rings. The molecule has 0 atom stereocenters. The highest BCUT2D eigenvalue weighted by atomic mass is 35.5. The van der Waals surface area contributed by atoms with Gasteiger partial charge in [-0.15, -0.1) is 0 Å². The number of halogens is 3. The molecular weight excluding hydrogens is 476 g/mol. The molecule has 0 spiro atoms. The molecule has 10 heteroatoms. The Labute approximate surface area is 198 Å². The van der Waals surface area contributed by atoms with Crippen molar-refractivity contribution in [1.82, 2.24) is 14.6 Å². The number of sulfonamides is 1. The van der Waals surface area contributed by atoms with Crippen molar-refractivity contribution in [3.05, 3.63) is 63.6 Å². The summed E-state index contributed by atoms with van der Waals surface area (Å²) in [6.45, 7) is 2.51. The van der Waals surface area contributed by atoms with Crippen molar-refractivity contribution in [2.45, 2.75) is 38.0 Å². The van der Waals surface area contributed by atoms with E-state index in [-0.39, 0.29) is 41.7 Å². The predicted molar refractivity (Wildman–Crippen MR) is 124 cm³/mol. The summed E-state index contributed by atoms with van der Waals surface area (Å²) in [5.41, 5.74) is -0.350. The van der Waals surface area contributed by atoms with Crippen LogP contribution in [0.3, 0.4) is 0 Å². The van der Waals surface area contributed by atoms with Gasteiger partial charge in [-0.25, -0.2) is 17.1 Å². The lowest BCUT2D eigenvalue weighted by molar-refractivity contribution is 0.0931. The molecule has 0 aliphatic carbocycles. The highest BCUT2D eigenvalue weighted by Gasteiger charge is 2.42. The maximum absolute atomic E-state index is 14.7. The van der Waals surface area contributed by atoms with Crippen molar-refractivity contribution in [3.63, 3.8) is 0 Å². The van der Waals surface area contributed by atoms with E-state index >= 15 is 0 Å². The molecule has 1 N–H and O–H groups in total. The average molecular weight is 502 g/mol. The minimum absolute atomic E-state index is 0.0975. The molecule has 1 aliphatic rings. The fraction of sp³-hybridized carbons (Fsp3) is 0.455. The summed E-state index contributed by atoms with van der Waals surface area (Å²) in [6.07, 6.45) is 3.55. The van der Waals surface area contributed by atoms with Gasteiger partial charge in [0.15, 0.2) is 0 Å². The van der Waals surface area contributed by atoms with E-state index in [0.29, 0.717) is 24.3 Å². The van der Waals surface area contributed by atoms with Crippen LogP contribution >= 0.6 is 23.2 Å². The Bertz CT molecular complexity index is 1070. The zero-order valence-corrected chi connectivity index (χ0v) is 20.1. The molecule has 1 aromatic heterocycles. The SMILES string of the molecule is CCCCS(=O)(=O)N1CCC(CNC(=O)c2ccc(Cl)cc2Cl)(c2ncccc2F)CC1. The average Bonchev–Trinajstić information content (AvgIpc) is 2.77. The van der Waals surface area contributed by atoms with E-state index in [2.05, 4.69) is 10.3 Å². The quantitative estimate of drug-likeness (QED) is 0.580. The maximum atomic E-state index is 14.7. The number of hydrogen-bond donors (Lipinski definition) is 1. The van der Waals surface area contributed by atoms with Crippen LogP contribution < -0.4 is 5.32 Å². The number of benzene rings is 1. The Morgan fingerprint density at radius 1 is 1.25 bits per heavy atom. The van der Waals surface area contributed by atoms with Crippen LogP contribution in [-0.4, -0.2) is 49.0 Å². The Balaban J connectivity index is 1.81. The molecule has 6 nitrogen and oxygen atoms in total. The number of nitrogens with zero attached hydrogens (tertiary/aromatic N) is 2. The largest absolute Gasteiger partial charge is 0.351 e. The van der Waals surface area contributed by atoms with Crippen LogP contribution in [0.1, 0.15) is 48.7 Å². The number of piperidine rings is 1. The molecule has 1 fully saturated rings. The van der Waals surface area contributed by atoms with E-state index in [1.807, 2.05) is 6.92 Å². The van der Waals surface area contributed by atoms with Crippen molar-refractivity contribution in [2.75, 3.05) is 25.4 Å². The van der Waals surface area contributed by atoms with Gasteiger partial charge < -0.3 is 5.32 Å². The smallest absolute Gasteiger partial charge is 0.252 e. The summed E-state index contributed by atoms with van der Waals surface area (Å²) in [5.74, 6) is -0.797. The van der Waals surface area contributed by atoms with E-state index in [1.165, 1.54) is 34.8 Å². The molecule has 0 saturated carbocycles. The molecule has 1 amide bonds. The van der Waals surface area contributed by atoms with Crippen LogP contribution in [0.5, 0.6) is 0 Å². The first-order valence-corrected chi connectivity index (χ1v) is 12.9. The summed E-state index contributed by atoms with van der Waals surface area (Å²) < 4.78 is 41.4. The number of carbonyl (C=O) groups excluding carboxylic acids is 1. The van der Waals surface area contributed by atoms with Crippen LogP contribution in [0.4, 0.5) is 4.39 Å². The Morgan fingerprint density at radius 2 is 1.97 bits per heavy atom. The first-order valence-electron chi connectivity index (χ1n) is 10.5. The van der Waals surface area contributed by atoms with Crippen molar-refractivity contribution in [1.29, 1.82) is 0 Å².